The van der Waals surface area contributed by atoms with Crippen molar-refractivity contribution in [2.45, 2.75) is 64.1 Å². The van der Waals surface area contributed by atoms with Gasteiger partial charge < -0.3 is 10.2 Å². The number of sulfonamides is 1. The van der Waals surface area contributed by atoms with Gasteiger partial charge in [0.1, 0.15) is 18.4 Å². The molecule has 0 saturated carbocycles. The molecule has 46 heavy (non-hydrogen) atoms. The van der Waals surface area contributed by atoms with Crippen LogP contribution in [0.1, 0.15) is 42.5 Å². The first kappa shape index (κ1) is 34.7. The van der Waals surface area contributed by atoms with Crippen LogP contribution < -0.4 is 9.62 Å². The monoisotopic (exact) mass is 663 g/mol. The molecule has 2 unspecified atom stereocenters. The Hall–Kier alpha value is -4.21. The largest absolute Gasteiger partial charge is 0.352 e. The summed E-state index contributed by atoms with van der Waals surface area (Å²) in [6.07, 6.45) is 0.851. The number of anilines is 1. The summed E-state index contributed by atoms with van der Waals surface area (Å²) in [4.78, 5) is 29.8. The summed E-state index contributed by atoms with van der Waals surface area (Å²) in [5.74, 6) is -1.43. The molecule has 0 aliphatic rings. The topological polar surface area (TPSA) is 86.8 Å². The van der Waals surface area contributed by atoms with Gasteiger partial charge in [-0.2, -0.15) is 0 Å². The van der Waals surface area contributed by atoms with Gasteiger partial charge in [-0.3, -0.25) is 13.9 Å². The number of nitrogens with zero attached hydrogens (tertiary/aromatic N) is 2. The number of nitrogens with one attached hydrogen (secondary N) is 1. The van der Waals surface area contributed by atoms with Gasteiger partial charge in [0.2, 0.25) is 11.8 Å². The van der Waals surface area contributed by atoms with E-state index in [0.29, 0.717) is 17.0 Å². The number of benzene rings is 4. The molecular weight excluding hydrogens is 625 g/mol. The average Bonchev–Trinajstić information content (AvgIpc) is 3.04. The minimum absolute atomic E-state index is 0.00281. The van der Waals surface area contributed by atoms with E-state index in [-0.39, 0.29) is 35.5 Å². The third kappa shape index (κ3) is 8.73. The second-order valence-electron chi connectivity index (χ2n) is 11.4. The van der Waals surface area contributed by atoms with Crippen molar-refractivity contribution >= 4 is 39.1 Å². The lowest BCUT2D eigenvalue weighted by Gasteiger charge is -2.34. The normalized spacial score (nSPS) is 12.7. The number of carbonyl (C=O) groups excluding carboxylic acids is 2. The van der Waals surface area contributed by atoms with Crippen molar-refractivity contribution in [3.63, 3.8) is 0 Å². The summed E-state index contributed by atoms with van der Waals surface area (Å²) in [6.45, 7) is 6.79. The van der Waals surface area contributed by atoms with Crippen molar-refractivity contribution in [2.75, 3.05) is 10.8 Å². The highest BCUT2D eigenvalue weighted by Crippen LogP contribution is 2.29. The van der Waals surface area contributed by atoms with Gasteiger partial charge in [0.15, 0.2) is 0 Å². The number of hydrogen-bond acceptors (Lipinski definition) is 4. The molecule has 4 aromatic rings. The van der Waals surface area contributed by atoms with Crippen LogP contribution in [-0.4, -0.2) is 43.8 Å². The lowest BCUT2D eigenvalue weighted by molar-refractivity contribution is -0.140. The molecule has 4 rings (SSSR count). The van der Waals surface area contributed by atoms with E-state index in [1.807, 2.05) is 51.1 Å². The molecule has 2 amide bonds. The Morgan fingerprint density at radius 1 is 0.891 bits per heavy atom. The second-order valence-corrected chi connectivity index (χ2v) is 13.7. The number of hydrogen-bond donors (Lipinski definition) is 1. The summed E-state index contributed by atoms with van der Waals surface area (Å²) in [5, 5.41) is 3.34. The SMILES string of the molecule is CCC(C)NC(=O)C(Cc1ccccc1)N(Cc1ccc(F)cc1)C(=O)CN(c1ccc(C)c(Cl)c1)S(=O)(=O)c1ccc(C)cc1. The number of carbonyl (C=O) groups is 2. The Balaban J connectivity index is 1.82. The summed E-state index contributed by atoms with van der Waals surface area (Å²) >= 11 is 6.44. The molecule has 4 aromatic carbocycles. The summed E-state index contributed by atoms with van der Waals surface area (Å²) in [6, 6.07) is 24.9. The molecule has 10 heteroatoms. The fraction of sp³-hybridized carbons (Fsp3) is 0.278. The molecule has 0 radical (unpaired) electrons. The Labute approximate surface area is 276 Å². The molecule has 7 nitrogen and oxygen atoms in total. The zero-order chi connectivity index (χ0) is 33.4. The van der Waals surface area contributed by atoms with E-state index >= 15 is 0 Å². The highest BCUT2D eigenvalue weighted by Gasteiger charge is 2.35. The molecule has 0 bridgehead atoms. The van der Waals surface area contributed by atoms with Crippen LogP contribution in [0.3, 0.4) is 0 Å². The molecule has 0 heterocycles. The van der Waals surface area contributed by atoms with Crippen LogP contribution in [-0.2, 0) is 32.6 Å². The molecule has 242 valence electrons. The van der Waals surface area contributed by atoms with Crippen molar-refractivity contribution in [1.29, 1.82) is 0 Å². The van der Waals surface area contributed by atoms with E-state index in [1.165, 1.54) is 35.2 Å². The second kappa shape index (κ2) is 15.4. The van der Waals surface area contributed by atoms with Gasteiger partial charge >= 0.3 is 0 Å². The molecular formula is C36H39ClFN3O4S. The first-order valence-electron chi connectivity index (χ1n) is 15.1. The molecule has 0 aliphatic carbocycles. The smallest absolute Gasteiger partial charge is 0.264 e. The van der Waals surface area contributed by atoms with Gasteiger partial charge in [-0.05, 0) is 80.3 Å². The van der Waals surface area contributed by atoms with Gasteiger partial charge in [0.25, 0.3) is 10.0 Å². The third-order valence-corrected chi connectivity index (χ3v) is 10.1. The molecule has 0 aliphatic heterocycles. The molecule has 0 spiro atoms. The molecule has 2 atom stereocenters. The standard InChI is InChI=1S/C36H39ClFN3O4S/c1-5-27(4)39-36(43)34(21-28-9-7-6-8-10-28)40(23-29-14-16-30(38)17-15-29)35(42)24-41(31-18-13-26(3)33(37)22-31)46(44,45)32-19-11-25(2)12-20-32/h6-20,22,27,34H,5,21,23-24H2,1-4H3,(H,39,43). The maximum atomic E-state index is 14.5. The van der Waals surface area contributed by atoms with Crippen molar-refractivity contribution < 1.29 is 22.4 Å². The fourth-order valence-corrected chi connectivity index (χ4v) is 6.47. The van der Waals surface area contributed by atoms with Crippen molar-refractivity contribution in [1.82, 2.24) is 10.2 Å². The summed E-state index contributed by atoms with van der Waals surface area (Å²) < 4.78 is 43.2. The summed E-state index contributed by atoms with van der Waals surface area (Å²) in [5.41, 5.74) is 3.22. The molecule has 0 fully saturated rings. The zero-order valence-electron chi connectivity index (χ0n) is 26.4. The van der Waals surface area contributed by atoms with Crippen LogP contribution >= 0.6 is 11.6 Å². The Morgan fingerprint density at radius 2 is 1.54 bits per heavy atom. The van der Waals surface area contributed by atoms with E-state index in [0.717, 1.165) is 21.0 Å². The Morgan fingerprint density at radius 3 is 2.15 bits per heavy atom. The predicted octanol–water partition coefficient (Wildman–Crippen LogP) is 6.85. The number of aryl methyl sites for hydroxylation is 2. The van der Waals surface area contributed by atoms with Crippen LogP contribution in [0.25, 0.3) is 0 Å². The van der Waals surface area contributed by atoms with Gasteiger partial charge in [-0.15, -0.1) is 0 Å². The third-order valence-electron chi connectivity index (χ3n) is 7.87. The van der Waals surface area contributed by atoms with E-state index in [1.54, 1.807) is 43.3 Å². The summed E-state index contributed by atoms with van der Waals surface area (Å²) in [7, 11) is -4.26. The minimum atomic E-state index is -4.26. The maximum Gasteiger partial charge on any atom is 0.264 e. The predicted molar refractivity (Wildman–Crippen MR) is 181 cm³/mol. The van der Waals surface area contributed by atoms with Gasteiger partial charge in [0, 0.05) is 24.0 Å². The van der Waals surface area contributed by atoms with Crippen LogP contribution in [0.5, 0.6) is 0 Å². The zero-order valence-corrected chi connectivity index (χ0v) is 28.0. The van der Waals surface area contributed by atoms with Gasteiger partial charge in [-0.1, -0.05) is 84.8 Å². The number of amides is 2. The highest BCUT2D eigenvalue weighted by molar-refractivity contribution is 7.92. The average molecular weight is 664 g/mol. The van der Waals surface area contributed by atoms with Crippen molar-refractivity contribution in [3.8, 4) is 0 Å². The maximum absolute atomic E-state index is 14.5. The van der Waals surface area contributed by atoms with Gasteiger partial charge in [0.05, 0.1) is 10.6 Å². The first-order valence-corrected chi connectivity index (χ1v) is 16.9. The first-order chi connectivity index (χ1) is 21.9. The van der Waals surface area contributed by atoms with Crippen molar-refractivity contribution in [3.05, 3.63) is 130 Å². The number of rotatable bonds is 13. The fourth-order valence-electron chi connectivity index (χ4n) is 4.88. The highest BCUT2D eigenvalue weighted by atomic mass is 35.5. The lowest BCUT2D eigenvalue weighted by Crippen LogP contribution is -2.54. The van der Waals surface area contributed by atoms with Crippen LogP contribution in [0.4, 0.5) is 10.1 Å². The molecule has 0 aromatic heterocycles. The van der Waals surface area contributed by atoms with Crippen LogP contribution in [0.2, 0.25) is 5.02 Å². The molecule has 1 N–H and O–H groups in total. The van der Waals surface area contributed by atoms with E-state index in [9.17, 15) is 22.4 Å². The van der Waals surface area contributed by atoms with Gasteiger partial charge in [-0.25, -0.2) is 12.8 Å². The van der Waals surface area contributed by atoms with Crippen LogP contribution in [0, 0.1) is 19.7 Å². The van der Waals surface area contributed by atoms with E-state index in [4.69, 9.17) is 11.6 Å². The molecule has 0 saturated heterocycles. The quantitative estimate of drug-likeness (QED) is 0.170. The van der Waals surface area contributed by atoms with Crippen LogP contribution in [0.15, 0.2) is 102 Å². The van der Waals surface area contributed by atoms with E-state index < -0.39 is 34.3 Å². The lowest BCUT2D eigenvalue weighted by atomic mass is 10.0. The van der Waals surface area contributed by atoms with E-state index in [2.05, 4.69) is 5.32 Å². The Kier molecular flexibility index (Phi) is 11.6. The minimum Gasteiger partial charge on any atom is -0.352 e. The van der Waals surface area contributed by atoms with Crippen molar-refractivity contribution in [2.24, 2.45) is 0 Å². The Bertz CT molecular complexity index is 1750. The number of halogens is 2.